The molecular formula is C10H19N3O. The minimum Gasteiger partial charge on any atom is -0.338 e. The first-order chi connectivity index (χ1) is 6.81. The van der Waals surface area contributed by atoms with Crippen molar-refractivity contribution >= 4 is 6.03 Å². The minimum absolute atomic E-state index is 0.110. The normalized spacial score (nSPS) is 27.5. The molecule has 1 unspecified atom stereocenters. The average molecular weight is 197 g/mol. The summed E-state index contributed by atoms with van der Waals surface area (Å²) in [6, 6.07) is 0.741. The molecule has 2 heterocycles. The second-order valence-corrected chi connectivity index (χ2v) is 4.11. The van der Waals surface area contributed by atoms with Crippen molar-refractivity contribution in [2.45, 2.75) is 25.8 Å². The summed E-state index contributed by atoms with van der Waals surface area (Å²) in [6.45, 7) is 6.79. The van der Waals surface area contributed by atoms with Gasteiger partial charge < -0.3 is 10.2 Å². The van der Waals surface area contributed by atoms with Gasteiger partial charge in [0.25, 0.3) is 0 Å². The van der Waals surface area contributed by atoms with Crippen molar-refractivity contribution in [3.8, 4) is 0 Å². The summed E-state index contributed by atoms with van der Waals surface area (Å²) in [4.78, 5) is 16.0. The lowest BCUT2D eigenvalue weighted by Gasteiger charge is -2.37. The van der Waals surface area contributed by atoms with E-state index in [9.17, 15) is 4.79 Å². The van der Waals surface area contributed by atoms with Gasteiger partial charge in [-0.15, -0.1) is 0 Å². The van der Waals surface area contributed by atoms with Crippen LogP contribution >= 0.6 is 0 Å². The lowest BCUT2D eigenvalue weighted by atomic mass is 10.2. The number of amides is 2. The smallest absolute Gasteiger partial charge is 0.317 e. The fraction of sp³-hybridized carbons (Fsp3) is 0.900. The van der Waals surface area contributed by atoms with Crippen molar-refractivity contribution in [1.29, 1.82) is 0 Å². The van der Waals surface area contributed by atoms with Gasteiger partial charge in [-0.2, -0.15) is 0 Å². The van der Waals surface area contributed by atoms with Crippen molar-refractivity contribution in [2.75, 3.05) is 32.7 Å². The maximum atomic E-state index is 11.6. The quantitative estimate of drug-likeness (QED) is 0.664. The molecule has 0 bridgehead atoms. The second kappa shape index (κ2) is 4.17. The number of carbonyl (C=O) groups is 1. The molecule has 4 heteroatoms. The zero-order valence-corrected chi connectivity index (χ0v) is 8.83. The summed E-state index contributed by atoms with van der Waals surface area (Å²) in [6.07, 6.45) is 2.56. The van der Waals surface area contributed by atoms with Crippen LogP contribution in [0.3, 0.4) is 0 Å². The molecule has 1 atom stereocenters. The Morgan fingerprint density at radius 2 is 2.29 bits per heavy atom. The van der Waals surface area contributed by atoms with Crippen LogP contribution in [0.5, 0.6) is 0 Å². The van der Waals surface area contributed by atoms with Crippen molar-refractivity contribution in [2.24, 2.45) is 0 Å². The predicted octanol–water partition coefficient (Wildman–Crippen LogP) is 0.496. The Labute approximate surface area is 85.2 Å². The molecule has 2 fully saturated rings. The summed E-state index contributed by atoms with van der Waals surface area (Å²) in [5.41, 5.74) is 0. The third-order valence-electron chi connectivity index (χ3n) is 3.20. The fourth-order valence-electron chi connectivity index (χ4n) is 2.44. The molecule has 4 nitrogen and oxygen atoms in total. The molecule has 0 radical (unpaired) electrons. The molecule has 0 spiro atoms. The molecule has 2 aliphatic rings. The molecule has 0 aromatic carbocycles. The van der Waals surface area contributed by atoms with E-state index in [4.69, 9.17) is 0 Å². The summed E-state index contributed by atoms with van der Waals surface area (Å²) in [5.74, 6) is 0. The number of urea groups is 1. The van der Waals surface area contributed by atoms with Gasteiger partial charge in [0.15, 0.2) is 0 Å². The van der Waals surface area contributed by atoms with E-state index in [0.29, 0.717) is 6.04 Å². The first-order valence-corrected chi connectivity index (χ1v) is 5.58. The molecule has 2 saturated heterocycles. The largest absolute Gasteiger partial charge is 0.338 e. The van der Waals surface area contributed by atoms with Gasteiger partial charge in [0.1, 0.15) is 0 Å². The number of piperazine rings is 1. The van der Waals surface area contributed by atoms with Crippen LogP contribution in [0.1, 0.15) is 19.8 Å². The zero-order chi connectivity index (χ0) is 9.97. The van der Waals surface area contributed by atoms with Gasteiger partial charge in [0.2, 0.25) is 0 Å². The van der Waals surface area contributed by atoms with Crippen LogP contribution in [0, 0.1) is 0 Å². The maximum absolute atomic E-state index is 11.6. The minimum atomic E-state index is 0.110. The van der Waals surface area contributed by atoms with Crippen LogP contribution in [0.15, 0.2) is 0 Å². The summed E-state index contributed by atoms with van der Waals surface area (Å²) in [5, 5.41) is 2.86. The van der Waals surface area contributed by atoms with Crippen molar-refractivity contribution < 1.29 is 4.79 Å². The summed E-state index contributed by atoms with van der Waals surface area (Å²) < 4.78 is 0. The van der Waals surface area contributed by atoms with E-state index < -0.39 is 0 Å². The van der Waals surface area contributed by atoms with Crippen LogP contribution < -0.4 is 5.32 Å². The average Bonchev–Trinajstić information content (AvgIpc) is 2.64. The van der Waals surface area contributed by atoms with Gasteiger partial charge in [0, 0.05) is 32.2 Å². The van der Waals surface area contributed by atoms with E-state index in [0.717, 1.165) is 26.2 Å². The number of hydrogen-bond donors (Lipinski definition) is 1. The first-order valence-electron chi connectivity index (χ1n) is 5.58. The van der Waals surface area contributed by atoms with E-state index in [1.807, 2.05) is 11.8 Å². The molecule has 14 heavy (non-hydrogen) atoms. The molecule has 2 aliphatic heterocycles. The first kappa shape index (κ1) is 9.77. The van der Waals surface area contributed by atoms with E-state index >= 15 is 0 Å². The Morgan fingerprint density at radius 1 is 1.43 bits per heavy atom. The topological polar surface area (TPSA) is 35.6 Å². The number of nitrogens with one attached hydrogen (secondary N) is 1. The predicted molar refractivity (Wildman–Crippen MR) is 55.2 cm³/mol. The highest BCUT2D eigenvalue weighted by atomic mass is 16.2. The van der Waals surface area contributed by atoms with E-state index in [2.05, 4.69) is 10.2 Å². The van der Waals surface area contributed by atoms with E-state index in [-0.39, 0.29) is 6.03 Å². The molecule has 80 valence electrons. The monoisotopic (exact) mass is 197 g/mol. The van der Waals surface area contributed by atoms with Gasteiger partial charge in [-0.05, 0) is 26.3 Å². The number of carbonyl (C=O) groups excluding carboxylic acids is 1. The lowest BCUT2D eigenvalue weighted by molar-refractivity contribution is 0.118. The highest BCUT2D eigenvalue weighted by Gasteiger charge is 2.32. The molecule has 0 aliphatic carbocycles. The molecule has 0 aromatic rings. The van der Waals surface area contributed by atoms with E-state index in [1.54, 1.807) is 0 Å². The van der Waals surface area contributed by atoms with Crippen molar-refractivity contribution in [3.05, 3.63) is 0 Å². The Kier molecular flexibility index (Phi) is 2.91. The number of hydrogen-bond acceptors (Lipinski definition) is 2. The molecule has 0 saturated carbocycles. The highest BCUT2D eigenvalue weighted by Crippen LogP contribution is 2.21. The van der Waals surface area contributed by atoms with Crippen molar-refractivity contribution in [1.82, 2.24) is 15.1 Å². The molecule has 1 N–H and O–H groups in total. The van der Waals surface area contributed by atoms with E-state index in [1.165, 1.54) is 19.4 Å². The number of nitrogens with zero attached hydrogens (tertiary/aromatic N) is 2. The van der Waals surface area contributed by atoms with Gasteiger partial charge >= 0.3 is 6.03 Å². The van der Waals surface area contributed by atoms with Gasteiger partial charge in [-0.1, -0.05) is 0 Å². The Bertz CT molecular complexity index is 219. The van der Waals surface area contributed by atoms with Gasteiger partial charge in [-0.3, -0.25) is 4.90 Å². The fourth-order valence-corrected chi connectivity index (χ4v) is 2.44. The standard InChI is InChI=1S/C10H19N3O/c1-2-11-10(14)13-7-6-12-5-3-4-9(12)8-13/h9H,2-8H2,1H3,(H,11,14). The SMILES string of the molecule is CCNC(=O)N1CCN2CCCC2C1. The van der Waals surface area contributed by atoms with Crippen LogP contribution in [0.25, 0.3) is 0 Å². The molecule has 2 amide bonds. The molecular weight excluding hydrogens is 178 g/mol. The third kappa shape index (κ3) is 1.85. The number of fused-ring (bicyclic) bond motifs is 1. The summed E-state index contributed by atoms with van der Waals surface area (Å²) >= 11 is 0. The van der Waals surface area contributed by atoms with Crippen molar-refractivity contribution in [3.63, 3.8) is 0 Å². The molecule has 0 aromatic heterocycles. The summed E-state index contributed by atoms with van der Waals surface area (Å²) in [7, 11) is 0. The van der Waals surface area contributed by atoms with Crippen LogP contribution in [0.4, 0.5) is 4.79 Å². The Balaban J connectivity index is 1.87. The Hall–Kier alpha value is -0.770. The van der Waals surface area contributed by atoms with Gasteiger partial charge in [-0.25, -0.2) is 4.79 Å². The number of rotatable bonds is 1. The lowest BCUT2D eigenvalue weighted by Crippen LogP contribution is -2.54. The maximum Gasteiger partial charge on any atom is 0.317 e. The van der Waals surface area contributed by atoms with Gasteiger partial charge in [0.05, 0.1) is 0 Å². The highest BCUT2D eigenvalue weighted by molar-refractivity contribution is 5.74. The molecule has 2 rings (SSSR count). The van der Waals surface area contributed by atoms with Crippen LogP contribution in [-0.4, -0.2) is 54.6 Å². The zero-order valence-electron chi connectivity index (χ0n) is 8.83. The van der Waals surface area contributed by atoms with Crippen LogP contribution in [-0.2, 0) is 0 Å². The van der Waals surface area contributed by atoms with Crippen LogP contribution in [0.2, 0.25) is 0 Å². The second-order valence-electron chi connectivity index (χ2n) is 4.11. The Morgan fingerprint density at radius 3 is 3.07 bits per heavy atom. The third-order valence-corrected chi connectivity index (χ3v) is 3.20.